The van der Waals surface area contributed by atoms with E-state index in [4.69, 9.17) is 23.1 Å². The number of hydrogen-bond acceptors (Lipinski definition) is 3. The van der Waals surface area contributed by atoms with Gasteiger partial charge in [-0.25, -0.2) is 0 Å². The fourth-order valence-corrected chi connectivity index (χ4v) is 2.04. The molecule has 0 spiro atoms. The molecular weight excluding hydrogens is 278 g/mol. The summed E-state index contributed by atoms with van der Waals surface area (Å²) < 4.78 is 0. The molecule has 5 nitrogen and oxygen atoms in total. The number of benzene rings is 2. The quantitative estimate of drug-likeness (QED) is 0.756. The Bertz CT molecular complexity index is 666. The normalized spacial score (nSPS) is 10.1. The average molecular weight is 290 g/mol. The highest BCUT2D eigenvalue weighted by Gasteiger charge is 2.16. The summed E-state index contributed by atoms with van der Waals surface area (Å²) in [6.07, 6.45) is 0. The summed E-state index contributed by atoms with van der Waals surface area (Å²) in [5.74, 6) is -1.13. The van der Waals surface area contributed by atoms with Gasteiger partial charge in [0.05, 0.1) is 21.8 Å². The third-order valence-corrected chi connectivity index (χ3v) is 3.03. The molecule has 0 saturated carbocycles. The summed E-state index contributed by atoms with van der Waals surface area (Å²) in [6.45, 7) is 0. The van der Waals surface area contributed by atoms with Crippen LogP contribution >= 0.6 is 11.6 Å². The number of nitrogens with one attached hydrogen (secondary N) is 1. The van der Waals surface area contributed by atoms with Crippen LogP contribution in [0.2, 0.25) is 5.02 Å². The molecule has 0 atom stereocenters. The number of anilines is 2. The number of para-hydroxylation sites is 1. The molecular formula is C14H12ClN3O2. The molecule has 0 unspecified atom stereocenters. The van der Waals surface area contributed by atoms with Crippen LogP contribution in [0.3, 0.4) is 0 Å². The van der Waals surface area contributed by atoms with Gasteiger partial charge in [0.1, 0.15) is 0 Å². The van der Waals surface area contributed by atoms with Crippen molar-refractivity contribution in [3.05, 3.63) is 58.6 Å². The molecule has 0 aliphatic carbocycles. The summed E-state index contributed by atoms with van der Waals surface area (Å²) in [5, 5.41) is 2.82. The molecule has 0 heterocycles. The van der Waals surface area contributed by atoms with Gasteiger partial charge in [-0.15, -0.1) is 0 Å². The molecule has 0 aromatic heterocycles. The van der Waals surface area contributed by atoms with Gasteiger partial charge < -0.3 is 16.8 Å². The van der Waals surface area contributed by atoms with Crippen LogP contribution in [0.4, 0.5) is 11.4 Å². The van der Waals surface area contributed by atoms with E-state index in [1.807, 2.05) is 0 Å². The van der Waals surface area contributed by atoms with Crippen LogP contribution in [0.1, 0.15) is 20.7 Å². The maximum absolute atomic E-state index is 12.2. The summed E-state index contributed by atoms with van der Waals surface area (Å²) in [6, 6.07) is 11.2. The fourth-order valence-electron chi connectivity index (χ4n) is 1.77. The van der Waals surface area contributed by atoms with E-state index < -0.39 is 11.8 Å². The van der Waals surface area contributed by atoms with Gasteiger partial charge in [-0.1, -0.05) is 29.8 Å². The second-order valence-electron chi connectivity index (χ2n) is 4.07. The molecule has 0 aliphatic rings. The SMILES string of the molecule is NC(=O)c1ccccc1NC(=O)c1c(N)cccc1Cl. The fraction of sp³-hybridized carbons (Fsp3) is 0. The topological polar surface area (TPSA) is 98.2 Å². The Balaban J connectivity index is 2.36. The number of carbonyl (C=O) groups excluding carboxylic acids is 2. The molecule has 6 heteroatoms. The molecule has 2 amide bonds. The van der Waals surface area contributed by atoms with Crippen molar-refractivity contribution in [3.8, 4) is 0 Å². The van der Waals surface area contributed by atoms with Gasteiger partial charge in [0, 0.05) is 5.69 Å². The maximum Gasteiger partial charge on any atom is 0.259 e. The van der Waals surface area contributed by atoms with Crippen LogP contribution in [0, 0.1) is 0 Å². The third kappa shape index (κ3) is 2.73. The van der Waals surface area contributed by atoms with Crippen LogP contribution in [-0.2, 0) is 0 Å². The highest BCUT2D eigenvalue weighted by molar-refractivity contribution is 6.35. The second-order valence-corrected chi connectivity index (χ2v) is 4.48. The summed E-state index contributed by atoms with van der Waals surface area (Å²) in [5.41, 5.74) is 11.9. The van der Waals surface area contributed by atoms with Gasteiger partial charge in [0.15, 0.2) is 0 Å². The number of hydrogen-bond donors (Lipinski definition) is 3. The second kappa shape index (κ2) is 5.63. The first-order valence-corrected chi connectivity index (χ1v) is 6.12. The molecule has 102 valence electrons. The van der Waals surface area contributed by atoms with Crippen molar-refractivity contribution >= 4 is 34.8 Å². The van der Waals surface area contributed by atoms with E-state index in [2.05, 4.69) is 5.32 Å². The van der Waals surface area contributed by atoms with Crippen LogP contribution in [-0.4, -0.2) is 11.8 Å². The van der Waals surface area contributed by atoms with E-state index in [9.17, 15) is 9.59 Å². The first-order chi connectivity index (χ1) is 9.50. The van der Waals surface area contributed by atoms with Gasteiger partial charge in [-0.3, -0.25) is 9.59 Å². The Labute approximate surface area is 120 Å². The van der Waals surface area contributed by atoms with Crippen molar-refractivity contribution in [1.29, 1.82) is 0 Å². The van der Waals surface area contributed by atoms with E-state index in [1.54, 1.807) is 36.4 Å². The number of carbonyl (C=O) groups is 2. The Hall–Kier alpha value is -2.53. The molecule has 5 N–H and O–H groups in total. The Morgan fingerprint density at radius 2 is 1.75 bits per heavy atom. The summed E-state index contributed by atoms with van der Waals surface area (Å²) in [4.78, 5) is 23.5. The molecule has 0 radical (unpaired) electrons. The lowest BCUT2D eigenvalue weighted by molar-refractivity contribution is 0.100. The molecule has 20 heavy (non-hydrogen) atoms. The zero-order chi connectivity index (χ0) is 14.7. The molecule has 0 saturated heterocycles. The van der Waals surface area contributed by atoms with E-state index in [0.717, 1.165) is 0 Å². The van der Waals surface area contributed by atoms with Crippen LogP contribution in [0.25, 0.3) is 0 Å². The van der Waals surface area contributed by atoms with Crippen molar-refractivity contribution < 1.29 is 9.59 Å². The standard InChI is InChI=1S/C14H12ClN3O2/c15-9-5-3-6-10(16)12(9)14(20)18-11-7-2-1-4-8(11)13(17)19/h1-7H,16H2,(H2,17,19)(H,18,20). The largest absolute Gasteiger partial charge is 0.398 e. The Kier molecular flexibility index (Phi) is 3.91. The van der Waals surface area contributed by atoms with Crippen molar-refractivity contribution in [2.24, 2.45) is 5.73 Å². The zero-order valence-electron chi connectivity index (χ0n) is 10.4. The lowest BCUT2D eigenvalue weighted by atomic mass is 10.1. The molecule has 2 rings (SSSR count). The number of nitrogen functional groups attached to an aromatic ring is 1. The average Bonchev–Trinajstić information content (AvgIpc) is 2.38. The van der Waals surface area contributed by atoms with Gasteiger partial charge in [-0.2, -0.15) is 0 Å². The number of primary amides is 1. The van der Waals surface area contributed by atoms with E-state index in [0.29, 0.717) is 5.69 Å². The van der Waals surface area contributed by atoms with Gasteiger partial charge >= 0.3 is 0 Å². The number of rotatable bonds is 3. The minimum atomic E-state index is -0.631. The molecule has 0 aliphatic heterocycles. The highest BCUT2D eigenvalue weighted by atomic mass is 35.5. The number of halogens is 1. The van der Waals surface area contributed by atoms with Crippen molar-refractivity contribution in [2.45, 2.75) is 0 Å². The van der Waals surface area contributed by atoms with Gasteiger partial charge in [-0.05, 0) is 24.3 Å². The lowest BCUT2D eigenvalue weighted by Crippen LogP contribution is -2.19. The van der Waals surface area contributed by atoms with E-state index in [1.165, 1.54) is 6.07 Å². The molecule has 0 bridgehead atoms. The molecule has 0 fully saturated rings. The van der Waals surface area contributed by atoms with Crippen molar-refractivity contribution in [3.63, 3.8) is 0 Å². The minimum Gasteiger partial charge on any atom is -0.398 e. The summed E-state index contributed by atoms with van der Waals surface area (Å²) >= 11 is 5.96. The van der Waals surface area contributed by atoms with Crippen molar-refractivity contribution in [2.75, 3.05) is 11.1 Å². The smallest absolute Gasteiger partial charge is 0.259 e. The molecule has 2 aromatic carbocycles. The van der Waals surface area contributed by atoms with Crippen LogP contribution in [0.15, 0.2) is 42.5 Å². The maximum atomic E-state index is 12.2. The van der Waals surface area contributed by atoms with Gasteiger partial charge in [0.25, 0.3) is 11.8 Å². The zero-order valence-corrected chi connectivity index (χ0v) is 11.1. The summed E-state index contributed by atoms with van der Waals surface area (Å²) in [7, 11) is 0. The lowest BCUT2D eigenvalue weighted by Gasteiger charge is -2.11. The number of nitrogens with two attached hydrogens (primary N) is 2. The molecule has 2 aromatic rings. The highest BCUT2D eigenvalue weighted by Crippen LogP contribution is 2.24. The van der Waals surface area contributed by atoms with Crippen LogP contribution in [0.5, 0.6) is 0 Å². The minimum absolute atomic E-state index is 0.161. The first kappa shape index (κ1) is 13.9. The Morgan fingerprint density at radius 1 is 1.05 bits per heavy atom. The van der Waals surface area contributed by atoms with E-state index >= 15 is 0 Å². The van der Waals surface area contributed by atoms with Gasteiger partial charge in [0.2, 0.25) is 0 Å². The first-order valence-electron chi connectivity index (χ1n) is 5.75. The van der Waals surface area contributed by atoms with Crippen LogP contribution < -0.4 is 16.8 Å². The van der Waals surface area contributed by atoms with Crippen molar-refractivity contribution in [1.82, 2.24) is 0 Å². The predicted molar refractivity (Wildman–Crippen MR) is 78.8 cm³/mol. The Morgan fingerprint density at radius 3 is 2.40 bits per heavy atom. The van der Waals surface area contributed by atoms with E-state index in [-0.39, 0.29) is 21.8 Å². The number of amides is 2. The monoisotopic (exact) mass is 289 g/mol. The third-order valence-electron chi connectivity index (χ3n) is 2.71. The predicted octanol–water partition coefficient (Wildman–Crippen LogP) is 2.27.